The highest BCUT2D eigenvalue weighted by atomic mass is 16.5. The van der Waals surface area contributed by atoms with Gasteiger partial charge in [0.1, 0.15) is 0 Å². The maximum Gasteiger partial charge on any atom is 0.248 e. The first-order valence-corrected chi connectivity index (χ1v) is 6.95. The monoisotopic (exact) mass is 271 g/mol. The number of amides is 1. The molecule has 2 N–H and O–H groups in total. The molecule has 20 heavy (non-hydrogen) atoms. The van der Waals surface area contributed by atoms with Gasteiger partial charge in [-0.2, -0.15) is 4.98 Å². The van der Waals surface area contributed by atoms with E-state index in [0.29, 0.717) is 23.2 Å². The minimum absolute atomic E-state index is 0.438. The first-order valence-electron chi connectivity index (χ1n) is 6.95. The zero-order valence-corrected chi connectivity index (χ0v) is 11.2. The van der Waals surface area contributed by atoms with Crippen LogP contribution >= 0.6 is 0 Å². The number of primary amides is 1. The van der Waals surface area contributed by atoms with Gasteiger partial charge in [0.25, 0.3) is 0 Å². The number of benzene rings is 1. The summed E-state index contributed by atoms with van der Waals surface area (Å²) >= 11 is 0. The van der Waals surface area contributed by atoms with Crippen LogP contribution < -0.4 is 5.73 Å². The predicted molar refractivity (Wildman–Crippen MR) is 73.9 cm³/mol. The second-order valence-corrected chi connectivity index (χ2v) is 5.31. The van der Waals surface area contributed by atoms with Crippen molar-refractivity contribution in [3.8, 4) is 11.4 Å². The molecule has 5 heteroatoms. The number of aromatic nitrogens is 2. The molecule has 0 saturated heterocycles. The Bertz CT molecular complexity index is 598. The number of nitrogens with two attached hydrogens (primary N) is 1. The molecule has 1 aliphatic carbocycles. The first-order chi connectivity index (χ1) is 9.72. The fraction of sp³-hybridized carbons (Fsp3) is 0.400. The van der Waals surface area contributed by atoms with Gasteiger partial charge in [-0.1, -0.05) is 30.1 Å². The van der Waals surface area contributed by atoms with Gasteiger partial charge in [0, 0.05) is 17.5 Å². The molecular formula is C15H17N3O2. The van der Waals surface area contributed by atoms with E-state index in [9.17, 15) is 4.79 Å². The Kier molecular flexibility index (Phi) is 3.50. The largest absolute Gasteiger partial charge is 0.366 e. The van der Waals surface area contributed by atoms with E-state index < -0.39 is 5.91 Å². The summed E-state index contributed by atoms with van der Waals surface area (Å²) in [6, 6.07) is 6.91. The molecule has 5 nitrogen and oxygen atoms in total. The van der Waals surface area contributed by atoms with Crippen molar-refractivity contribution < 1.29 is 9.32 Å². The fourth-order valence-electron chi connectivity index (χ4n) is 2.70. The van der Waals surface area contributed by atoms with E-state index in [-0.39, 0.29) is 0 Å². The second-order valence-electron chi connectivity index (χ2n) is 5.31. The number of carbonyl (C=O) groups excluding carboxylic acids is 1. The van der Waals surface area contributed by atoms with Gasteiger partial charge in [0.2, 0.25) is 17.6 Å². The van der Waals surface area contributed by atoms with Crippen molar-refractivity contribution in [3.63, 3.8) is 0 Å². The van der Waals surface area contributed by atoms with E-state index in [4.69, 9.17) is 10.3 Å². The smallest absolute Gasteiger partial charge is 0.248 e. The third-order valence-electron chi connectivity index (χ3n) is 3.83. The van der Waals surface area contributed by atoms with Crippen molar-refractivity contribution in [2.45, 2.75) is 32.1 Å². The minimum atomic E-state index is -0.438. The highest BCUT2D eigenvalue weighted by Crippen LogP contribution is 2.28. The van der Waals surface area contributed by atoms with Crippen molar-refractivity contribution in [2.75, 3.05) is 0 Å². The Morgan fingerprint density at radius 1 is 1.25 bits per heavy atom. The summed E-state index contributed by atoms with van der Waals surface area (Å²) in [7, 11) is 0. The lowest BCUT2D eigenvalue weighted by atomic mass is 10.0. The average Bonchev–Trinajstić information content (AvgIpc) is 3.11. The van der Waals surface area contributed by atoms with Crippen LogP contribution in [-0.2, 0) is 6.42 Å². The zero-order chi connectivity index (χ0) is 13.9. The summed E-state index contributed by atoms with van der Waals surface area (Å²) in [6.07, 6.45) is 5.99. The van der Waals surface area contributed by atoms with Crippen LogP contribution in [0.25, 0.3) is 11.4 Å². The van der Waals surface area contributed by atoms with Gasteiger partial charge in [-0.05, 0) is 30.9 Å². The zero-order valence-electron chi connectivity index (χ0n) is 11.2. The van der Waals surface area contributed by atoms with Crippen LogP contribution in [-0.4, -0.2) is 16.0 Å². The Hall–Kier alpha value is -2.17. The summed E-state index contributed by atoms with van der Waals surface area (Å²) in [5.74, 6) is 1.51. The molecule has 104 valence electrons. The second kappa shape index (κ2) is 5.45. The third-order valence-corrected chi connectivity index (χ3v) is 3.83. The molecule has 1 saturated carbocycles. The van der Waals surface area contributed by atoms with Crippen molar-refractivity contribution in [1.82, 2.24) is 10.1 Å². The van der Waals surface area contributed by atoms with E-state index in [1.165, 1.54) is 25.7 Å². The summed E-state index contributed by atoms with van der Waals surface area (Å²) in [5, 5.41) is 4.00. The third kappa shape index (κ3) is 2.71. The molecule has 0 spiro atoms. The van der Waals surface area contributed by atoms with Crippen LogP contribution in [0.15, 0.2) is 28.8 Å². The molecule has 0 radical (unpaired) electrons. The molecule has 0 bridgehead atoms. The molecule has 1 aliphatic rings. The standard InChI is InChI=1S/C15H17N3O2/c16-14(19)11-5-7-12(8-6-11)15-17-13(20-18-15)9-10-3-1-2-4-10/h5-8,10H,1-4,9H2,(H2,16,19). The quantitative estimate of drug-likeness (QED) is 0.926. The van der Waals surface area contributed by atoms with E-state index >= 15 is 0 Å². The summed E-state index contributed by atoms with van der Waals surface area (Å²) < 4.78 is 5.31. The van der Waals surface area contributed by atoms with Crippen LogP contribution in [0, 0.1) is 5.92 Å². The summed E-state index contributed by atoms with van der Waals surface area (Å²) in [5.41, 5.74) is 6.51. The Morgan fingerprint density at radius 3 is 2.60 bits per heavy atom. The summed E-state index contributed by atoms with van der Waals surface area (Å²) in [6.45, 7) is 0. The lowest BCUT2D eigenvalue weighted by Crippen LogP contribution is -2.10. The number of rotatable bonds is 4. The van der Waals surface area contributed by atoms with Gasteiger partial charge in [-0.15, -0.1) is 0 Å². The van der Waals surface area contributed by atoms with E-state index in [2.05, 4.69) is 10.1 Å². The lowest BCUT2D eigenvalue weighted by molar-refractivity contribution is 0.100. The fourth-order valence-corrected chi connectivity index (χ4v) is 2.70. The van der Waals surface area contributed by atoms with Gasteiger partial charge in [-0.3, -0.25) is 4.79 Å². The van der Waals surface area contributed by atoms with Gasteiger partial charge >= 0.3 is 0 Å². The number of carbonyl (C=O) groups is 1. The van der Waals surface area contributed by atoms with Crippen molar-refractivity contribution in [3.05, 3.63) is 35.7 Å². The number of nitrogens with zero attached hydrogens (tertiary/aromatic N) is 2. The molecule has 0 atom stereocenters. The van der Waals surface area contributed by atoms with E-state index in [1.54, 1.807) is 24.3 Å². The van der Waals surface area contributed by atoms with Crippen molar-refractivity contribution >= 4 is 5.91 Å². The summed E-state index contributed by atoms with van der Waals surface area (Å²) in [4.78, 5) is 15.4. The van der Waals surface area contributed by atoms with Gasteiger partial charge in [0.05, 0.1) is 0 Å². The van der Waals surface area contributed by atoms with Crippen molar-refractivity contribution in [1.29, 1.82) is 0 Å². The normalized spacial score (nSPS) is 15.6. The first kappa shape index (κ1) is 12.8. The van der Waals surface area contributed by atoms with Crippen LogP contribution in [0.4, 0.5) is 0 Å². The van der Waals surface area contributed by atoms with Crippen LogP contribution in [0.1, 0.15) is 41.9 Å². The van der Waals surface area contributed by atoms with E-state index in [1.807, 2.05) is 0 Å². The molecule has 1 aromatic carbocycles. The molecule has 0 aliphatic heterocycles. The highest BCUT2D eigenvalue weighted by molar-refractivity contribution is 5.93. The highest BCUT2D eigenvalue weighted by Gasteiger charge is 2.19. The van der Waals surface area contributed by atoms with Gasteiger partial charge < -0.3 is 10.3 Å². The molecule has 3 rings (SSSR count). The molecule has 1 heterocycles. The maximum absolute atomic E-state index is 11.0. The topological polar surface area (TPSA) is 82.0 Å². The van der Waals surface area contributed by atoms with Crippen LogP contribution in [0.2, 0.25) is 0 Å². The number of hydrogen-bond acceptors (Lipinski definition) is 4. The molecular weight excluding hydrogens is 254 g/mol. The van der Waals surface area contributed by atoms with Gasteiger partial charge in [0.15, 0.2) is 0 Å². The van der Waals surface area contributed by atoms with E-state index in [0.717, 1.165) is 12.0 Å². The Labute approximate surface area is 117 Å². The average molecular weight is 271 g/mol. The maximum atomic E-state index is 11.0. The van der Waals surface area contributed by atoms with Gasteiger partial charge in [-0.25, -0.2) is 0 Å². The minimum Gasteiger partial charge on any atom is -0.366 e. The molecule has 2 aromatic rings. The molecule has 1 aromatic heterocycles. The Balaban J connectivity index is 1.73. The molecule has 1 fully saturated rings. The predicted octanol–water partition coefficient (Wildman–Crippen LogP) is 2.57. The van der Waals surface area contributed by atoms with Crippen LogP contribution in [0.5, 0.6) is 0 Å². The van der Waals surface area contributed by atoms with Crippen molar-refractivity contribution in [2.24, 2.45) is 11.7 Å². The Morgan fingerprint density at radius 2 is 1.95 bits per heavy atom. The lowest BCUT2D eigenvalue weighted by Gasteiger charge is -2.02. The molecule has 0 unspecified atom stereocenters. The SMILES string of the molecule is NC(=O)c1ccc(-c2noc(CC3CCCC3)n2)cc1. The number of hydrogen-bond donors (Lipinski definition) is 1. The molecule has 1 amide bonds. The van der Waals surface area contributed by atoms with Crippen LogP contribution in [0.3, 0.4) is 0 Å².